The predicted octanol–water partition coefficient (Wildman–Crippen LogP) is 5.22. The molecule has 0 bridgehead atoms. The molecule has 0 aliphatic carbocycles. The minimum absolute atomic E-state index is 0.0638. The van der Waals surface area contributed by atoms with E-state index in [0.717, 1.165) is 11.1 Å². The number of benzene rings is 2. The lowest BCUT2D eigenvalue weighted by atomic mass is 9.94. The molecule has 2 aromatic rings. The molecular formula is C24H33ClF2N2O. The van der Waals surface area contributed by atoms with Crippen LogP contribution in [0.25, 0.3) is 0 Å². The van der Waals surface area contributed by atoms with Crippen molar-refractivity contribution in [2.75, 3.05) is 5.88 Å². The lowest BCUT2D eigenvalue weighted by Crippen LogP contribution is -2.45. The summed E-state index contributed by atoms with van der Waals surface area (Å²) >= 11 is 5.43. The average Bonchev–Trinajstić information content (AvgIpc) is 2.60. The number of rotatable bonds is 6. The summed E-state index contributed by atoms with van der Waals surface area (Å²) in [5, 5.41) is 2.80. The van der Waals surface area contributed by atoms with Gasteiger partial charge >= 0.3 is 0 Å². The fourth-order valence-corrected chi connectivity index (χ4v) is 3.05. The lowest BCUT2D eigenvalue weighted by Gasteiger charge is -2.26. The van der Waals surface area contributed by atoms with E-state index in [1.165, 1.54) is 6.07 Å². The maximum absolute atomic E-state index is 13.4. The third-order valence-electron chi connectivity index (χ3n) is 4.38. The van der Waals surface area contributed by atoms with Gasteiger partial charge in [0.15, 0.2) is 0 Å². The number of nitrogens with one attached hydrogen (secondary N) is 1. The average molecular weight is 439 g/mol. The molecule has 0 aromatic heterocycles. The van der Waals surface area contributed by atoms with Crippen LogP contribution < -0.4 is 11.1 Å². The van der Waals surface area contributed by atoms with Crippen LogP contribution >= 0.6 is 11.6 Å². The van der Waals surface area contributed by atoms with E-state index in [0.29, 0.717) is 24.0 Å². The second kappa shape index (κ2) is 10.9. The summed E-state index contributed by atoms with van der Waals surface area (Å²) in [7, 11) is 0. The Morgan fingerprint density at radius 3 is 1.73 bits per heavy atom. The van der Waals surface area contributed by atoms with Gasteiger partial charge in [-0.1, -0.05) is 24.3 Å². The first kappa shape index (κ1) is 26.1. The molecule has 2 aromatic carbocycles. The van der Waals surface area contributed by atoms with Crippen LogP contribution in [0.2, 0.25) is 0 Å². The monoisotopic (exact) mass is 438 g/mol. The molecule has 0 fully saturated rings. The van der Waals surface area contributed by atoms with E-state index in [1.807, 2.05) is 39.8 Å². The Kier molecular flexibility index (Phi) is 9.44. The van der Waals surface area contributed by atoms with E-state index < -0.39 is 5.54 Å². The van der Waals surface area contributed by atoms with Crippen molar-refractivity contribution in [3.8, 4) is 0 Å². The van der Waals surface area contributed by atoms with Gasteiger partial charge in [0.05, 0.1) is 0 Å². The normalized spacial score (nSPS) is 11.5. The van der Waals surface area contributed by atoms with Crippen molar-refractivity contribution < 1.29 is 13.6 Å². The summed E-state index contributed by atoms with van der Waals surface area (Å²) in [5.41, 5.74) is 8.23. The molecule has 30 heavy (non-hydrogen) atoms. The van der Waals surface area contributed by atoms with Crippen LogP contribution in [0, 0.1) is 25.5 Å². The van der Waals surface area contributed by atoms with Gasteiger partial charge in [0, 0.05) is 11.1 Å². The van der Waals surface area contributed by atoms with Crippen molar-refractivity contribution >= 4 is 17.5 Å². The van der Waals surface area contributed by atoms with Crippen molar-refractivity contribution in [2.45, 2.75) is 65.5 Å². The second-order valence-corrected chi connectivity index (χ2v) is 9.34. The molecule has 166 valence electrons. The molecule has 0 saturated carbocycles. The number of hydrogen-bond acceptors (Lipinski definition) is 2. The van der Waals surface area contributed by atoms with Gasteiger partial charge in [0.25, 0.3) is 0 Å². The lowest BCUT2D eigenvalue weighted by molar-refractivity contribution is -0.120. The van der Waals surface area contributed by atoms with Gasteiger partial charge in [-0.15, -0.1) is 11.6 Å². The van der Waals surface area contributed by atoms with E-state index in [2.05, 4.69) is 5.32 Å². The number of carbonyl (C=O) groups is 1. The maximum atomic E-state index is 13.4. The topological polar surface area (TPSA) is 55.1 Å². The van der Waals surface area contributed by atoms with Crippen molar-refractivity contribution in [3.63, 3.8) is 0 Å². The standard InChI is InChI=1S/C13H17ClFNO.C11H16FN/c1-9-4-5-10(6-11(9)15)7-13(2,3)16-12(17)8-14;1-8-4-5-9(6-10(8)12)7-11(2,3)13/h4-6H,7-8H2,1-3H3,(H,16,17);4-6H,7,13H2,1-3H3. The van der Waals surface area contributed by atoms with Crippen molar-refractivity contribution in [3.05, 3.63) is 70.3 Å². The highest BCUT2D eigenvalue weighted by Gasteiger charge is 2.20. The summed E-state index contributed by atoms with van der Waals surface area (Å²) in [6.07, 6.45) is 1.26. The molecule has 1 amide bonds. The van der Waals surface area contributed by atoms with Crippen LogP contribution in [0.3, 0.4) is 0 Å². The van der Waals surface area contributed by atoms with Crippen LogP contribution in [0.15, 0.2) is 36.4 Å². The zero-order valence-corrected chi connectivity index (χ0v) is 19.5. The van der Waals surface area contributed by atoms with Crippen LogP contribution in [-0.4, -0.2) is 22.9 Å². The van der Waals surface area contributed by atoms with Gasteiger partial charge in [-0.25, -0.2) is 8.78 Å². The van der Waals surface area contributed by atoms with Crippen LogP contribution in [0.4, 0.5) is 8.78 Å². The zero-order chi connectivity index (χ0) is 23.1. The highest BCUT2D eigenvalue weighted by molar-refractivity contribution is 6.27. The first-order valence-corrected chi connectivity index (χ1v) is 10.4. The summed E-state index contributed by atoms with van der Waals surface area (Å²) in [6.45, 7) is 11.1. The van der Waals surface area contributed by atoms with E-state index in [1.54, 1.807) is 32.0 Å². The third-order valence-corrected chi connectivity index (χ3v) is 4.62. The maximum Gasteiger partial charge on any atom is 0.235 e. The number of carbonyl (C=O) groups excluding carboxylic acids is 1. The first-order valence-electron chi connectivity index (χ1n) is 9.88. The van der Waals surface area contributed by atoms with Crippen molar-refractivity contribution in [1.29, 1.82) is 0 Å². The zero-order valence-electron chi connectivity index (χ0n) is 18.7. The molecule has 3 nitrogen and oxygen atoms in total. The molecular weight excluding hydrogens is 406 g/mol. The fraction of sp³-hybridized carbons (Fsp3) is 0.458. The molecule has 0 aliphatic rings. The van der Waals surface area contributed by atoms with Gasteiger partial charge < -0.3 is 11.1 Å². The van der Waals surface area contributed by atoms with Crippen LogP contribution in [-0.2, 0) is 17.6 Å². The largest absolute Gasteiger partial charge is 0.350 e. The molecule has 3 N–H and O–H groups in total. The first-order chi connectivity index (χ1) is 13.7. The number of amides is 1. The number of aryl methyl sites for hydroxylation is 2. The summed E-state index contributed by atoms with van der Waals surface area (Å²) in [4.78, 5) is 11.2. The number of nitrogens with two attached hydrogens (primary N) is 1. The van der Waals surface area contributed by atoms with Gasteiger partial charge in [-0.05, 0) is 88.8 Å². The number of halogens is 3. The molecule has 6 heteroatoms. The van der Waals surface area contributed by atoms with E-state index >= 15 is 0 Å². The Morgan fingerprint density at radius 2 is 1.37 bits per heavy atom. The quantitative estimate of drug-likeness (QED) is 0.607. The molecule has 0 aliphatic heterocycles. The van der Waals surface area contributed by atoms with Crippen LogP contribution in [0.5, 0.6) is 0 Å². The van der Waals surface area contributed by atoms with Gasteiger partial charge in [0.1, 0.15) is 17.5 Å². The van der Waals surface area contributed by atoms with Crippen LogP contribution in [0.1, 0.15) is 49.9 Å². The Morgan fingerprint density at radius 1 is 0.933 bits per heavy atom. The molecule has 0 radical (unpaired) electrons. The Balaban J connectivity index is 0.000000311. The molecule has 0 saturated heterocycles. The van der Waals surface area contributed by atoms with E-state index in [-0.39, 0.29) is 29.0 Å². The smallest absolute Gasteiger partial charge is 0.235 e. The molecule has 0 spiro atoms. The Bertz CT molecular complexity index is 861. The number of alkyl halides is 1. The van der Waals surface area contributed by atoms with Crippen molar-refractivity contribution in [1.82, 2.24) is 5.32 Å². The van der Waals surface area contributed by atoms with E-state index in [9.17, 15) is 13.6 Å². The highest BCUT2D eigenvalue weighted by Crippen LogP contribution is 2.16. The van der Waals surface area contributed by atoms with Gasteiger partial charge in [-0.3, -0.25) is 4.79 Å². The van der Waals surface area contributed by atoms with E-state index in [4.69, 9.17) is 17.3 Å². The molecule has 0 atom stereocenters. The van der Waals surface area contributed by atoms with Gasteiger partial charge in [-0.2, -0.15) is 0 Å². The SMILES string of the molecule is Cc1ccc(CC(C)(C)N)cc1F.Cc1ccc(CC(C)(C)NC(=O)CCl)cc1F. The minimum atomic E-state index is -0.437. The molecule has 2 rings (SSSR count). The Hall–Kier alpha value is -1.98. The van der Waals surface area contributed by atoms with Crippen molar-refractivity contribution in [2.24, 2.45) is 5.73 Å². The summed E-state index contributed by atoms with van der Waals surface area (Å²) in [6, 6.07) is 10.4. The summed E-state index contributed by atoms with van der Waals surface area (Å²) < 4.78 is 26.5. The summed E-state index contributed by atoms with van der Waals surface area (Å²) in [5.74, 6) is -0.654. The molecule has 0 unspecified atom stereocenters. The highest BCUT2D eigenvalue weighted by atomic mass is 35.5. The second-order valence-electron chi connectivity index (χ2n) is 9.07. The minimum Gasteiger partial charge on any atom is -0.350 e. The fourth-order valence-electron chi connectivity index (χ4n) is 2.98. The van der Waals surface area contributed by atoms with Gasteiger partial charge in [0.2, 0.25) is 5.91 Å². The third kappa shape index (κ3) is 9.68. The molecule has 0 heterocycles. The number of hydrogen-bond donors (Lipinski definition) is 2. The predicted molar refractivity (Wildman–Crippen MR) is 121 cm³/mol. The Labute approximate surface area is 184 Å².